The van der Waals surface area contributed by atoms with Crippen molar-refractivity contribution in [2.45, 2.75) is 37.5 Å². The van der Waals surface area contributed by atoms with Gasteiger partial charge in [0.15, 0.2) is 9.84 Å². The highest BCUT2D eigenvalue weighted by Crippen LogP contribution is 2.19. The average Bonchev–Trinajstić information content (AvgIpc) is 2.32. The number of aliphatic hydroxyl groups is 1. The lowest BCUT2D eigenvalue weighted by molar-refractivity contribution is 0.283. The van der Waals surface area contributed by atoms with Gasteiger partial charge in [0.2, 0.25) is 0 Å². The van der Waals surface area contributed by atoms with Gasteiger partial charge in [-0.1, -0.05) is 12.8 Å². The van der Waals surface area contributed by atoms with Crippen molar-refractivity contribution in [2.24, 2.45) is 0 Å². The predicted molar refractivity (Wildman–Crippen MR) is 73.2 cm³/mol. The molecule has 0 atom stereocenters. The van der Waals surface area contributed by atoms with E-state index in [1.54, 1.807) is 25.1 Å². The Morgan fingerprint density at radius 3 is 2.44 bits per heavy atom. The van der Waals surface area contributed by atoms with E-state index in [1.807, 2.05) is 0 Å². The molecule has 4 nitrogen and oxygen atoms in total. The number of nitrogens with two attached hydrogens (primary N) is 1. The van der Waals surface area contributed by atoms with Crippen LogP contribution in [0.25, 0.3) is 0 Å². The number of rotatable bonds is 7. The number of sulfone groups is 1. The summed E-state index contributed by atoms with van der Waals surface area (Å²) < 4.78 is 24.1. The van der Waals surface area contributed by atoms with Crippen molar-refractivity contribution >= 4 is 15.5 Å². The molecule has 0 fully saturated rings. The number of aliphatic hydroxyl groups excluding tert-OH is 1. The summed E-state index contributed by atoms with van der Waals surface area (Å²) in [4.78, 5) is 0.344. The minimum Gasteiger partial charge on any atom is -0.399 e. The minimum absolute atomic E-state index is 0.155. The van der Waals surface area contributed by atoms with Gasteiger partial charge in [0.25, 0.3) is 0 Å². The summed E-state index contributed by atoms with van der Waals surface area (Å²) in [6, 6.07) is 4.82. The van der Waals surface area contributed by atoms with Crippen LogP contribution in [-0.2, 0) is 9.84 Å². The normalized spacial score (nSPS) is 11.7. The Balaban J connectivity index is 2.60. The van der Waals surface area contributed by atoms with Gasteiger partial charge in [-0.3, -0.25) is 0 Å². The number of nitrogen functional groups attached to an aromatic ring is 1. The van der Waals surface area contributed by atoms with Gasteiger partial charge in [0, 0.05) is 12.3 Å². The van der Waals surface area contributed by atoms with Crippen LogP contribution in [0.1, 0.15) is 31.2 Å². The molecule has 5 heteroatoms. The molecule has 1 aromatic carbocycles. The second-order valence-electron chi connectivity index (χ2n) is 4.48. The number of hydrogen-bond donors (Lipinski definition) is 2. The van der Waals surface area contributed by atoms with E-state index in [0.29, 0.717) is 17.0 Å². The fraction of sp³-hybridized carbons (Fsp3) is 0.538. The first-order valence-corrected chi connectivity index (χ1v) is 7.82. The Kier molecular flexibility index (Phi) is 5.62. The molecule has 0 amide bonds. The van der Waals surface area contributed by atoms with E-state index in [0.717, 1.165) is 24.8 Å². The molecule has 0 saturated heterocycles. The van der Waals surface area contributed by atoms with Gasteiger partial charge in [0.1, 0.15) is 0 Å². The topological polar surface area (TPSA) is 80.4 Å². The first-order valence-electron chi connectivity index (χ1n) is 6.17. The van der Waals surface area contributed by atoms with Crippen LogP contribution in [0.5, 0.6) is 0 Å². The zero-order chi connectivity index (χ0) is 13.6. The SMILES string of the molecule is Cc1cc(S(=O)(=O)CCCCCCO)ccc1N. The summed E-state index contributed by atoms with van der Waals surface area (Å²) in [5.41, 5.74) is 7.07. The number of aryl methyl sites for hydroxylation is 1. The van der Waals surface area contributed by atoms with E-state index < -0.39 is 9.84 Å². The van der Waals surface area contributed by atoms with Gasteiger partial charge in [-0.25, -0.2) is 8.42 Å². The highest BCUT2D eigenvalue weighted by atomic mass is 32.2. The standard InChI is InChI=1S/C13H21NO3S/c1-11-10-12(6-7-13(11)14)18(16,17)9-5-3-2-4-8-15/h6-7,10,15H,2-5,8-9,14H2,1H3. The maximum atomic E-state index is 12.0. The lowest BCUT2D eigenvalue weighted by atomic mass is 10.2. The van der Waals surface area contributed by atoms with Crippen molar-refractivity contribution in [3.63, 3.8) is 0 Å². The molecule has 1 rings (SSSR count). The summed E-state index contributed by atoms with van der Waals surface area (Å²) in [5.74, 6) is 0.155. The van der Waals surface area contributed by atoms with Gasteiger partial charge in [-0.2, -0.15) is 0 Å². The van der Waals surface area contributed by atoms with Crippen LogP contribution in [0.15, 0.2) is 23.1 Å². The van der Waals surface area contributed by atoms with Crippen LogP contribution in [0.3, 0.4) is 0 Å². The van der Waals surface area contributed by atoms with Gasteiger partial charge in [-0.15, -0.1) is 0 Å². The molecule has 0 aliphatic heterocycles. The molecule has 0 heterocycles. The highest BCUT2D eigenvalue weighted by Gasteiger charge is 2.14. The van der Waals surface area contributed by atoms with E-state index in [9.17, 15) is 8.42 Å². The van der Waals surface area contributed by atoms with Crippen LogP contribution < -0.4 is 5.73 Å². The Morgan fingerprint density at radius 2 is 1.83 bits per heavy atom. The van der Waals surface area contributed by atoms with Crippen LogP contribution in [0.2, 0.25) is 0 Å². The summed E-state index contributed by atoms with van der Waals surface area (Å²) in [5, 5.41) is 8.63. The zero-order valence-electron chi connectivity index (χ0n) is 10.7. The molecular weight excluding hydrogens is 250 g/mol. The Hall–Kier alpha value is -1.07. The smallest absolute Gasteiger partial charge is 0.178 e. The lowest BCUT2D eigenvalue weighted by Crippen LogP contribution is -2.07. The highest BCUT2D eigenvalue weighted by molar-refractivity contribution is 7.91. The van der Waals surface area contributed by atoms with Gasteiger partial charge in [-0.05, 0) is 43.5 Å². The molecule has 0 radical (unpaired) electrons. The third-order valence-corrected chi connectivity index (χ3v) is 4.72. The molecule has 0 unspecified atom stereocenters. The first-order chi connectivity index (χ1) is 8.47. The predicted octanol–water partition coefficient (Wildman–Crippen LogP) is 1.90. The summed E-state index contributed by atoms with van der Waals surface area (Å²) in [6.07, 6.45) is 3.06. The van der Waals surface area contributed by atoms with E-state index in [4.69, 9.17) is 10.8 Å². The van der Waals surface area contributed by atoms with Crippen molar-refractivity contribution in [1.29, 1.82) is 0 Å². The molecule has 102 valence electrons. The van der Waals surface area contributed by atoms with Crippen molar-refractivity contribution in [3.05, 3.63) is 23.8 Å². The van der Waals surface area contributed by atoms with Crippen molar-refractivity contribution in [1.82, 2.24) is 0 Å². The molecular formula is C13H21NO3S. The van der Waals surface area contributed by atoms with Crippen LogP contribution in [0, 0.1) is 6.92 Å². The fourth-order valence-corrected chi connectivity index (χ4v) is 3.17. The van der Waals surface area contributed by atoms with E-state index >= 15 is 0 Å². The molecule has 0 aliphatic rings. The maximum Gasteiger partial charge on any atom is 0.178 e. The van der Waals surface area contributed by atoms with E-state index in [1.165, 1.54) is 0 Å². The molecule has 0 aliphatic carbocycles. The maximum absolute atomic E-state index is 12.0. The molecule has 0 spiro atoms. The second kappa shape index (κ2) is 6.75. The van der Waals surface area contributed by atoms with Crippen molar-refractivity contribution in [3.8, 4) is 0 Å². The van der Waals surface area contributed by atoms with Crippen molar-refractivity contribution in [2.75, 3.05) is 18.1 Å². The quantitative estimate of drug-likeness (QED) is 0.586. The molecule has 3 N–H and O–H groups in total. The molecule has 18 heavy (non-hydrogen) atoms. The van der Waals surface area contributed by atoms with Gasteiger partial charge in [0.05, 0.1) is 10.6 Å². The third-order valence-electron chi connectivity index (χ3n) is 2.92. The number of hydrogen-bond acceptors (Lipinski definition) is 4. The number of benzene rings is 1. The lowest BCUT2D eigenvalue weighted by Gasteiger charge is -2.07. The van der Waals surface area contributed by atoms with Gasteiger partial charge < -0.3 is 10.8 Å². The van der Waals surface area contributed by atoms with Crippen LogP contribution in [-0.4, -0.2) is 25.9 Å². The molecule has 0 aromatic heterocycles. The van der Waals surface area contributed by atoms with Crippen LogP contribution in [0.4, 0.5) is 5.69 Å². The van der Waals surface area contributed by atoms with Gasteiger partial charge >= 0.3 is 0 Å². The van der Waals surface area contributed by atoms with Crippen molar-refractivity contribution < 1.29 is 13.5 Å². The molecule has 0 bridgehead atoms. The van der Waals surface area contributed by atoms with E-state index in [-0.39, 0.29) is 12.4 Å². The Morgan fingerprint density at radius 1 is 1.17 bits per heavy atom. The largest absolute Gasteiger partial charge is 0.399 e. The molecule has 0 saturated carbocycles. The summed E-state index contributed by atoms with van der Waals surface area (Å²) in [6.45, 7) is 1.97. The third kappa shape index (κ3) is 4.31. The summed E-state index contributed by atoms with van der Waals surface area (Å²) >= 11 is 0. The fourth-order valence-electron chi connectivity index (χ4n) is 1.72. The molecule has 1 aromatic rings. The number of unbranched alkanes of at least 4 members (excludes halogenated alkanes) is 3. The average molecular weight is 271 g/mol. The zero-order valence-corrected chi connectivity index (χ0v) is 11.5. The Bertz CT molecular complexity index is 483. The first kappa shape index (κ1) is 15.0. The van der Waals surface area contributed by atoms with Crippen LogP contribution >= 0.6 is 0 Å². The summed E-state index contributed by atoms with van der Waals surface area (Å²) in [7, 11) is -3.20. The minimum atomic E-state index is -3.20. The Labute approximate surface area is 109 Å². The number of anilines is 1. The van der Waals surface area contributed by atoms with E-state index in [2.05, 4.69) is 0 Å². The second-order valence-corrected chi connectivity index (χ2v) is 6.58. The monoisotopic (exact) mass is 271 g/mol.